The van der Waals surface area contributed by atoms with Gasteiger partial charge in [0.05, 0.1) is 12.7 Å². The van der Waals surface area contributed by atoms with Gasteiger partial charge in [0.25, 0.3) is 0 Å². The van der Waals surface area contributed by atoms with E-state index in [0.717, 1.165) is 19.3 Å². The highest BCUT2D eigenvalue weighted by atomic mass is 19.1. The van der Waals surface area contributed by atoms with E-state index in [0.29, 0.717) is 24.2 Å². The van der Waals surface area contributed by atoms with Gasteiger partial charge >= 0.3 is 0 Å². The van der Waals surface area contributed by atoms with E-state index in [1.807, 2.05) is 0 Å². The quantitative estimate of drug-likeness (QED) is 0.836. The molecular weight excluding hydrogens is 207 g/mol. The van der Waals surface area contributed by atoms with Crippen molar-refractivity contribution in [2.24, 2.45) is 0 Å². The molecule has 88 valence electrons. The normalized spacial score (nSPS) is 19.4. The fraction of sp³-hybridized carbons (Fsp3) is 0.538. The van der Waals surface area contributed by atoms with Gasteiger partial charge in [-0.25, -0.2) is 4.39 Å². The molecule has 0 atom stereocenters. The number of hydrogen-bond acceptors (Lipinski definition) is 2. The summed E-state index contributed by atoms with van der Waals surface area (Å²) >= 11 is 0. The van der Waals surface area contributed by atoms with Gasteiger partial charge in [0.1, 0.15) is 11.6 Å². The zero-order valence-electron chi connectivity index (χ0n) is 9.50. The summed E-state index contributed by atoms with van der Waals surface area (Å²) < 4.78 is 18.4. The molecule has 0 aromatic heterocycles. The van der Waals surface area contributed by atoms with Crippen molar-refractivity contribution in [3.8, 4) is 5.75 Å². The van der Waals surface area contributed by atoms with Crippen LogP contribution in [0.25, 0.3) is 0 Å². The third-order valence-electron chi connectivity index (χ3n) is 3.33. The third-order valence-corrected chi connectivity index (χ3v) is 3.33. The maximum Gasteiger partial charge on any atom is 0.127 e. The summed E-state index contributed by atoms with van der Waals surface area (Å²) in [6.45, 7) is 0. The van der Waals surface area contributed by atoms with Gasteiger partial charge < -0.3 is 9.84 Å². The first kappa shape index (κ1) is 11.4. The number of benzene rings is 1. The minimum Gasteiger partial charge on any atom is -0.497 e. The standard InChI is InChI=1S/C13H17FO2/c1-16-12-8-10(7-11(14)9-12)13(15)5-3-2-4-6-13/h7-9,15H,2-6H2,1H3. The highest BCUT2D eigenvalue weighted by molar-refractivity contribution is 5.33. The molecular formula is C13H17FO2. The molecule has 1 saturated carbocycles. The van der Waals surface area contributed by atoms with Crippen molar-refractivity contribution in [2.45, 2.75) is 37.7 Å². The third kappa shape index (κ3) is 2.19. The lowest BCUT2D eigenvalue weighted by Gasteiger charge is -2.32. The predicted molar refractivity (Wildman–Crippen MR) is 59.9 cm³/mol. The summed E-state index contributed by atoms with van der Waals surface area (Å²) in [6, 6.07) is 4.47. The van der Waals surface area contributed by atoms with Gasteiger partial charge in [0.2, 0.25) is 0 Å². The SMILES string of the molecule is COc1cc(F)cc(C2(O)CCCCC2)c1. The van der Waals surface area contributed by atoms with Crippen LogP contribution in [0, 0.1) is 5.82 Å². The predicted octanol–water partition coefficient (Wildman–Crippen LogP) is 2.99. The van der Waals surface area contributed by atoms with E-state index in [2.05, 4.69) is 0 Å². The second-order valence-corrected chi connectivity index (χ2v) is 4.47. The van der Waals surface area contributed by atoms with Gasteiger partial charge in [0.15, 0.2) is 0 Å². The first-order chi connectivity index (χ1) is 7.64. The molecule has 0 saturated heterocycles. The molecule has 1 aliphatic carbocycles. The number of rotatable bonds is 2. The fourth-order valence-corrected chi connectivity index (χ4v) is 2.37. The number of ether oxygens (including phenoxy) is 1. The van der Waals surface area contributed by atoms with Crippen LogP contribution in [0.2, 0.25) is 0 Å². The fourth-order valence-electron chi connectivity index (χ4n) is 2.37. The van der Waals surface area contributed by atoms with Gasteiger partial charge in [-0.2, -0.15) is 0 Å². The van der Waals surface area contributed by atoms with Crippen molar-refractivity contribution in [2.75, 3.05) is 7.11 Å². The van der Waals surface area contributed by atoms with E-state index in [1.54, 1.807) is 6.07 Å². The van der Waals surface area contributed by atoms with Crippen molar-refractivity contribution < 1.29 is 14.2 Å². The van der Waals surface area contributed by atoms with Crippen molar-refractivity contribution >= 4 is 0 Å². The van der Waals surface area contributed by atoms with Crippen LogP contribution in [0.1, 0.15) is 37.7 Å². The van der Waals surface area contributed by atoms with Gasteiger partial charge in [0, 0.05) is 6.07 Å². The van der Waals surface area contributed by atoms with E-state index in [-0.39, 0.29) is 5.82 Å². The zero-order valence-corrected chi connectivity index (χ0v) is 9.50. The average molecular weight is 224 g/mol. The number of aliphatic hydroxyl groups is 1. The van der Waals surface area contributed by atoms with E-state index < -0.39 is 5.60 Å². The molecule has 0 amide bonds. The molecule has 1 aliphatic rings. The Labute approximate surface area is 95.1 Å². The largest absolute Gasteiger partial charge is 0.497 e. The Morgan fingerprint density at radius 3 is 2.50 bits per heavy atom. The number of hydrogen-bond donors (Lipinski definition) is 1. The molecule has 0 radical (unpaired) electrons. The summed E-state index contributed by atoms with van der Waals surface area (Å²) in [5.74, 6) is 0.113. The van der Waals surface area contributed by atoms with Gasteiger partial charge in [-0.1, -0.05) is 19.3 Å². The van der Waals surface area contributed by atoms with Crippen molar-refractivity contribution in [1.29, 1.82) is 0 Å². The minimum absolute atomic E-state index is 0.353. The molecule has 0 unspecified atom stereocenters. The number of halogens is 1. The molecule has 1 fully saturated rings. The summed E-state index contributed by atoms with van der Waals surface area (Å²) in [5, 5.41) is 10.5. The maximum absolute atomic E-state index is 13.3. The molecule has 1 aromatic carbocycles. The highest BCUT2D eigenvalue weighted by Crippen LogP contribution is 2.38. The second kappa shape index (κ2) is 4.42. The molecule has 3 heteroatoms. The number of methoxy groups -OCH3 is 1. The van der Waals surface area contributed by atoms with Gasteiger partial charge in [-0.05, 0) is 30.5 Å². The first-order valence-corrected chi connectivity index (χ1v) is 5.71. The first-order valence-electron chi connectivity index (χ1n) is 5.71. The van der Waals surface area contributed by atoms with Gasteiger partial charge in [-0.15, -0.1) is 0 Å². The smallest absolute Gasteiger partial charge is 0.127 e. The Hall–Kier alpha value is -1.09. The molecule has 2 rings (SSSR count). The lowest BCUT2D eigenvalue weighted by molar-refractivity contribution is -0.00106. The van der Waals surface area contributed by atoms with E-state index in [9.17, 15) is 9.50 Å². The topological polar surface area (TPSA) is 29.5 Å². The summed E-state index contributed by atoms with van der Waals surface area (Å²) in [4.78, 5) is 0. The molecule has 16 heavy (non-hydrogen) atoms. The highest BCUT2D eigenvalue weighted by Gasteiger charge is 2.31. The lowest BCUT2D eigenvalue weighted by Crippen LogP contribution is -2.28. The monoisotopic (exact) mass is 224 g/mol. The van der Waals surface area contributed by atoms with Gasteiger partial charge in [-0.3, -0.25) is 0 Å². The Bertz CT molecular complexity index is 370. The summed E-state index contributed by atoms with van der Waals surface area (Å²) in [5.41, 5.74) is -0.225. The van der Waals surface area contributed by atoms with Crippen LogP contribution in [-0.2, 0) is 5.60 Å². The van der Waals surface area contributed by atoms with E-state index >= 15 is 0 Å². The Kier molecular flexibility index (Phi) is 3.15. The van der Waals surface area contributed by atoms with Crippen LogP contribution in [0.5, 0.6) is 5.75 Å². The van der Waals surface area contributed by atoms with Crippen LogP contribution >= 0.6 is 0 Å². The van der Waals surface area contributed by atoms with E-state index in [1.165, 1.54) is 19.2 Å². The van der Waals surface area contributed by atoms with Crippen LogP contribution in [0.3, 0.4) is 0 Å². The maximum atomic E-state index is 13.3. The molecule has 0 bridgehead atoms. The van der Waals surface area contributed by atoms with Crippen LogP contribution in [-0.4, -0.2) is 12.2 Å². The zero-order chi connectivity index (χ0) is 11.6. The van der Waals surface area contributed by atoms with Crippen molar-refractivity contribution in [1.82, 2.24) is 0 Å². The van der Waals surface area contributed by atoms with Crippen LogP contribution in [0.15, 0.2) is 18.2 Å². The second-order valence-electron chi connectivity index (χ2n) is 4.47. The molecule has 2 nitrogen and oxygen atoms in total. The van der Waals surface area contributed by atoms with E-state index in [4.69, 9.17) is 4.74 Å². The molecule has 0 heterocycles. The molecule has 0 spiro atoms. The summed E-state index contributed by atoms with van der Waals surface area (Å²) in [6.07, 6.45) is 4.55. The van der Waals surface area contributed by atoms with Crippen LogP contribution in [0.4, 0.5) is 4.39 Å². The molecule has 1 aromatic rings. The molecule has 1 N–H and O–H groups in total. The van der Waals surface area contributed by atoms with Crippen molar-refractivity contribution in [3.05, 3.63) is 29.6 Å². The minimum atomic E-state index is -0.867. The Morgan fingerprint density at radius 1 is 1.19 bits per heavy atom. The lowest BCUT2D eigenvalue weighted by atomic mass is 9.79. The van der Waals surface area contributed by atoms with Crippen molar-refractivity contribution in [3.63, 3.8) is 0 Å². The summed E-state index contributed by atoms with van der Waals surface area (Å²) in [7, 11) is 1.50. The average Bonchev–Trinajstić information content (AvgIpc) is 2.29. The molecule has 0 aliphatic heterocycles. The van der Waals surface area contributed by atoms with Crippen LogP contribution < -0.4 is 4.74 Å². The Morgan fingerprint density at radius 2 is 1.88 bits per heavy atom. The Balaban J connectivity index is 2.34.